The van der Waals surface area contributed by atoms with Crippen LogP contribution in [0.25, 0.3) is 5.65 Å². The summed E-state index contributed by atoms with van der Waals surface area (Å²) in [5.41, 5.74) is 2.55. The molecule has 120 valence electrons. The number of hydrogen-bond acceptors (Lipinski definition) is 4. The van der Waals surface area contributed by atoms with Crippen molar-refractivity contribution in [1.82, 2.24) is 9.38 Å². The molecule has 0 unspecified atom stereocenters. The van der Waals surface area contributed by atoms with Crippen molar-refractivity contribution in [1.29, 1.82) is 0 Å². The fraction of sp³-hybridized carbons (Fsp3) is 0.111. The molecule has 0 aliphatic heterocycles. The number of aliphatic carboxylic acids is 1. The minimum absolute atomic E-state index is 0.0536. The number of pyridine rings is 1. The summed E-state index contributed by atoms with van der Waals surface area (Å²) >= 11 is 0. The van der Waals surface area contributed by atoms with E-state index < -0.39 is 12.6 Å². The molecule has 0 atom stereocenters. The maximum atomic E-state index is 10.6. The molecule has 0 saturated carbocycles. The van der Waals surface area contributed by atoms with Gasteiger partial charge in [-0.1, -0.05) is 18.1 Å². The molecule has 0 radical (unpaired) electrons. The molecule has 0 amide bonds. The second-order valence-electron chi connectivity index (χ2n) is 5.02. The molecule has 3 aromatic rings. The van der Waals surface area contributed by atoms with Crippen LogP contribution in [0.15, 0.2) is 48.7 Å². The van der Waals surface area contributed by atoms with Crippen LogP contribution < -0.4 is 0 Å². The number of phenols is 1. The topological polar surface area (TPSA) is 84.1 Å². The fourth-order valence-electron chi connectivity index (χ4n) is 2.23. The van der Waals surface area contributed by atoms with E-state index in [1.807, 2.05) is 28.8 Å². The van der Waals surface area contributed by atoms with Gasteiger partial charge in [0, 0.05) is 11.8 Å². The van der Waals surface area contributed by atoms with Crippen LogP contribution in [0.3, 0.4) is 0 Å². The SMILES string of the molecule is O=C(O)COCc1nc2ccccn2c1C#Cc1cccc(O)c1. The maximum Gasteiger partial charge on any atom is 0.329 e. The van der Waals surface area contributed by atoms with Gasteiger partial charge in [0.15, 0.2) is 0 Å². The Morgan fingerprint density at radius 1 is 1.21 bits per heavy atom. The van der Waals surface area contributed by atoms with Crippen LogP contribution in [-0.4, -0.2) is 32.2 Å². The van der Waals surface area contributed by atoms with E-state index in [0.717, 1.165) is 0 Å². The van der Waals surface area contributed by atoms with E-state index in [4.69, 9.17) is 9.84 Å². The molecule has 3 rings (SSSR count). The van der Waals surface area contributed by atoms with Crippen molar-refractivity contribution in [2.24, 2.45) is 0 Å². The van der Waals surface area contributed by atoms with Crippen LogP contribution in [0.2, 0.25) is 0 Å². The average Bonchev–Trinajstić information content (AvgIpc) is 2.90. The molecule has 1 aromatic carbocycles. The molecule has 2 heterocycles. The highest BCUT2D eigenvalue weighted by molar-refractivity contribution is 5.68. The van der Waals surface area contributed by atoms with Crippen molar-refractivity contribution in [3.05, 3.63) is 65.6 Å². The summed E-state index contributed by atoms with van der Waals surface area (Å²) in [5.74, 6) is 5.11. The second-order valence-corrected chi connectivity index (χ2v) is 5.02. The number of fused-ring (bicyclic) bond motifs is 1. The molecule has 2 N–H and O–H groups in total. The first kappa shape index (κ1) is 15.6. The van der Waals surface area contributed by atoms with Gasteiger partial charge in [-0.05, 0) is 36.3 Å². The summed E-state index contributed by atoms with van der Waals surface area (Å²) in [6.45, 7) is -0.342. The monoisotopic (exact) mass is 322 g/mol. The van der Waals surface area contributed by atoms with Crippen LogP contribution in [0, 0.1) is 11.8 Å². The number of carboxylic acids is 1. The van der Waals surface area contributed by atoms with E-state index >= 15 is 0 Å². The number of aromatic hydroxyl groups is 1. The lowest BCUT2D eigenvalue weighted by molar-refractivity contribution is -0.142. The highest BCUT2D eigenvalue weighted by Gasteiger charge is 2.11. The van der Waals surface area contributed by atoms with Crippen molar-refractivity contribution in [2.45, 2.75) is 6.61 Å². The molecule has 0 saturated heterocycles. The lowest BCUT2D eigenvalue weighted by Crippen LogP contribution is -2.07. The molecule has 24 heavy (non-hydrogen) atoms. The zero-order valence-electron chi connectivity index (χ0n) is 12.6. The standard InChI is InChI=1S/C18H14N2O4/c21-14-5-3-4-13(10-14)7-8-16-15(11-24-12-18(22)23)19-17-6-1-2-9-20(16)17/h1-6,9-10,21H,11-12H2,(H,22,23). The number of hydrogen-bond donors (Lipinski definition) is 2. The van der Waals surface area contributed by atoms with E-state index in [9.17, 15) is 9.90 Å². The Morgan fingerprint density at radius 2 is 2.08 bits per heavy atom. The summed E-state index contributed by atoms with van der Waals surface area (Å²) in [7, 11) is 0. The van der Waals surface area contributed by atoms with Gasteiger partial charge in [0.2, 0.25) is 0 Å². The Bertz CT molecular complexity index is 950. The van der Waals surface area contributed by atoms with E-state index in [0.29, 0.717) is 22.6 Å². The summed E-state index contributed by atoms with van der Waals surface area (Å²) in [5, 5.41) is 18.2. The Balaban J connectivity index is 1.97. The highest BCUT2D eigenvalue weighted by atomic mass is 16.5. The first-order valence-electron chi connectivity index (χ1n) is 7.20. The van der Waals surface area contributed by atoms with E-state index in [1.54, 1.807) is 24.3 Å². The third-order valence-corrected chi connectivity index (χ3v) is 3.24. The van der Waals surface area contributed by atoms with Crippen LogP contribution in [0.1, 0.15) is 17.0 Å². The van der Waals surface area contributed by atoms with E-state index in [1.165, 1.54) is 0 Å². The molecular weight excluding hydrogens is 308 g/mol. The smallest absolute Gasteiger partial charge is 0.329 e. The zero-order valence-corrected chi connectivity index (χ0v) is 12.6. The summed E-state index contributed by atoms with van der Waals surface area (Å²) in [6, 6.07) is 12.2. The number of carbonyl (C=O) groups is 1. The Kier molecular flexibility index (Phi) is 4.45. The van der Waals surface area contributed by atoms with Gasteiger partial charge in [-0.3, -0.25) is 4.40 Å². The van der Waals surface area contributed by atoms with Gasteiger partial charge in [0.25, 0.3) is 0 Å². The molecule has 0 aliphatic rings. The highest BCUT2D eigenvalue weighted by Crippen LogP contribution is 2.14. The van der Waals surface area contributed by atoms with Crippen LogP contribution in [0.4, 0.5) is 0 Å². The van der Waals surface area contributed by atoms with Crippen LogP contribution in [-0.2, 0) is 16.1 Å². The van der Waals surface area contributed by atoms with Gasteiger partial charge in [-0.15, -0.1) is 0 Å². The predicted octanol–water partition coefficient (Wildman–Crippen LogP) is 2.04. The lowest BCUT2D eigenvalue weighted by atomic mass is 10.2. The van der Waals surface area contributed by atoms with Gasteiger partial charge in [-0.25, -0.2) is 9.78 Å². The van der Waals surface area contributed by atoms with E-state index in [2.05, 4.69) is 16.8 Å². The van der Waals surface area contributed by atoms with Gasteiger partial charge >= 0.3 is 5.97 Å². The van der Waals surface area contributed by atoms with Crippen molar-refractivity contribution < 1.29 is 19.7 Å². The average molecular weight is 322 g/mol. The number of phenolic OH excluding ortho intramolecular Hbond substituents is 1. The molecule has 2 aromatic heterocycles. The molecule has 6 nitrogen and oxygen atoms in total. The van der Waals surface area contributed by atoms with Crippen molar-refractivity contribution >= 4 is 11.6 Å². The quantitative estimate of drug-likeness (QED) is 0.718. The van der Waals surface area contributed by atoms with E-state index in [-0.39, 0.29) is 12.4 Å². The molecule has 0 bridgehead atoms. The largest absolute Gasteiger partial charge is 0.508 e. The minimum Gasteiger partial charge on any atom is -0.508 e. The van der Waals surface area contributed by atoms with Crippen molar-refractivity contribution in [3.8, 4) is 17.6 Å². The van der Waals surface area contributed by atoms with Crippen LogP contribution in [0.5, 0.6) is 5.75 Å². The van der Waals surface area contributed by atoms with Crippen molar-refractivity contribution in [2.75, 3.05) is 6.61 Å². The maximum absolute atomic E-state index is 10.6. The van der Waals surface area contributed by atoms with Crippen LogP contribution >= 0.6 is 0 Å². The summed E-state index contributed by atoms with van der Waals surface area (Å²) < 4.78 is 6.95. The number of aromatic nitrogens is 2. The van der Waals surface area contributed by atoms with Gasteiger partial charge < -0.3 is 14.9 Å². The zero-order chi connectivity index (χ0) is 16.9. The molecule has 6 heteroatoms. The lowest BCUT2D eigenvalue weighted by Gasteiger charge is -1.99. The predicted molar refractivity (Wildman–Crippen MR) is 86.6 cm³/mol. The third kappa shape index (κ3) is 3.54. The van der Waals surface area contributed by atoms with Gasteiger partial charge in [-0.2, -0.15) is 0 Å². The number of ether oxygens (including phenoxy) is 1. The molecule has 0 fully saturated rings. The Labute approximate surface area is 138 Å². The Hall–Kier alpha value is -3.30. The number of rotatable bonds is 4. The number of imidazole rings is 1. The Morgan fingerprint density at radius 3 is 2.88 bits per heavy atom. The first-order valence-corrected chi connectivity index (χ1v) is 7.20. The summed E-state index contributed by atoms with van der Waals surface area (Å²) in [6.07, 6.45) is 1.83. The first-order chi connectivity index (χ1) is 11.6. The normalized spacial score (nSPS) is 10.3. The van der Waals surface area contributed by atoms with Crippen molar-refractivity contribution in [3.63, 3.8) is 0 Å². The number of benzene rings is 1. The van der Waals surface area contributed by atoms with Gasteiger partial charge in [0.1, 0.15) is 29.4 Å². The van der Waals surface area contributed by atoms with Gasteiger partial charge in [0.05, 0.1) is 6.61 Å². The summed E-state index contributed by atoms with van der Waals surface area (Å²) in [4.78, 5) is 15.0. The molecule has 0 aliphatic carbocycles. The number of carboxylic acid groups (broad SMARTS) is 1. The third-order valence-electron chi connectivity index (χ3n) is 3.24. The number of nitrogens with zero attached hydrogens (tertiary/aromatic N) is 2. The molecule has 0 spiro atoms. The fourth-order valence-corrected chi connectivity index (χ4v) is 2.23. The molecular formula is C18H14N2O4. The minimum atomic E-state index is -1.04. The second kappa shape index (κ2) is 6.86.